The Hall–Kier alpha value is -2.20. The standard InChI is InChI=1S/C19H17N/c1-13-9-10-18-16(11-13)17-12-14-7-5-3-4-6-8-15(14)19(17)20(18)2/h4,6,8-11,14H,3,12H2,1-2H3/b6-4-,15-8+. The average molecular weight is 259 g/mol. The molecule has 2 aliphatic rings. The number of hydrogen-bond donors (Lipinski definition) is 0. The van der Waals surface area contributed by atoms with Gasteiger partial charge in [-0.1, -0.05) is 41.7 Å². The number of aromatic nitrogens is 1. The van der Waals surface area contributed by atoms with Crippen molar-refractivity contribution in [1.29, 1.82) is 0 Å². The Bertz CT molecular complexity index is 834. The van der Waals surface area contributed by atoms with E-state index in [9.17, 15) is 0 Å². The summed E-state index contributed by atoms with van der Waals surface area (Å²) in [4.78, 5) is 0. The van der Waals surface area contributed by atoms with Crippen molar-refractivity contribution in [2.75, 3.05) is 0 Å². The van der Waals surface area contributed by atoms with Crippen LogP contribution in [0.2, 0.25) is 0 Å². The molecule has 0 radical (unpaired) electrons. The summed E-state index contributed by atoms with van der Waals surface area (Å²) in [5.74, 6) is 7.09. The highest BCUT2D eigenvalue weighted by Gasteiger charge is 2.30. The van der Waals surface area contributed by atoms with Crippen LogP contribution in [0.5, 0.6) is 0 Å². The van der Waals surface area contributed by atoms with E-state index in [0.29, 0.717) is 5.92 Å². The number of hydrogen-bond acceptors (Lipinski definition) is 0. The van der Waals surface area contributed by atoms with Crippen LogP contribution in [0.15, 0.2) is 36.4 Å². The zero-order chi connectivity index (χ0) is 13.7. The summed E-state index contributed by atoms with van der Waals surface area (Å²) < 4.78 is 2.34. The lowest BCUT2D eigenvalue weighted by Gasteiger charge is -2.09. The molecule has 4 rings (SSSR count). The zero-order valence-corrected chi connectivity index (χ0v) is 11.9. The van der Waals surface area contributed by atoms with E-state index >= 15 is 0 Å². The summed E-state index contributed by atoms with van der Waals surface area (Å²) >= 11 is 0. The van der Waals surface area contributed by atoms with Gasteiger partial charge in [-0.2, -0.15) is 0 Å². The number of nitrogens with zero attached hydrogens (tertiary/aromatic N) is 1. The van der Waals surface area contributed by atoms with Crippen molar-refractivity contribution in [1.82, 2.24) is 4.57 Å². The van der Waals surface area contributed by atoms with Crippen molar-refractivity contribution in [2.45, 2.75) is 19.8 Å². The molecule has 1 heterocycles. The first-order valence-electron chi connectivity index (χ1n) is 7.19. The fourth-order valence-electron chi connectivity index (χ4n) is 3.49. The molecule has 98 valence electrons. The van der Waals surface area contributed by atoms with Gasteiger partial charge in [0.05, 0.1) is 5.92 Å². The maximum absolute atomic E-state index is 3.44. The Balaban J connectivity index is 2.03. The van der Waals surface area contributed by atoms with Gasteiger partial charge in [-0.3, -0.25) is 0 Å². The third-order valence-corrected chi connectivity index (χ3v) is 4.42. The highest BCUT2D eigenvalue weighted by atomic mass is 15.0. The van der Waals surface area contributed by atoms with Crippen LogP contribution in [0.3, 0.4) is 0 Å². The zero-order valence-electron chi connectivity index (χ0n) is 11.9. The monoisotopic (exact) mass is 259 g/mol. The second-order valence-electron chi connectivity index (χ2n) is 5.74. The molecular weight excluding hydrogens is 242 g/mol. The van der Waals surface area contributed by atoms with Gasteiger partial charge in [-0.15, -0.1) is 0 Å². The molecule has 0 N–H and O–H groups in total. The van der Waals surface area contributed by atoms with Crippen molar-refractivity contribution < 1.29 is 0 Å². The fraction of sp³-hybridized carbons (Fsp3) is 0.263. The van der Waals surface area contributed by atoms with Crippen LogP contribution in [-0.4, -0.2) is 4.57 Å². The first-order valence-corrected chi connectivity index (χ1v) is 7.19. The number of rotatable bonds is 0. The van der Waals surface area contributed by atoms with Gasteiger partial charge in [-0.25, -0.2) is 0 Å². The summed E-state index contributed by atoms with van der Waals surface area (Å²) in [5, 5.41) is 1.40. The van der Waals surface area contributed by atoms with E-state index in [1.54, 1.807) is 0 Å². The highest BCUT2D eigenvalue weighted by molar-refractivity contribution is 5.94. The quantitative estimate of drug-likeness (QED) is 0.630. The predicted octanol–water partition coefficient (Wildman–Crippen LogP) is 4.01. The lowest BCUT2D eigenvalue weighted by atomic mass is 9.99. The molecule has 1 aromatic heterocycles. The van der Waals surface area contributed by atoms with Crippen LogP contribution >= 0.6 is 0 Å². The molecular formula is C19H17N. The average Bonchev–Trinajstić information content (AvgIpc) is 2.87. The molecule has 2 aliphatic carbocycles. The van der Waals surface area contributed by atoms with E-state index in [1.165, 1.54) is 33.3 Å². The van der Waals surface area contributed by atoms with Gasteiger partial charge in [0, 0.05) is 30.1 Å². The van der Waals surface area contributed by atoms with Crippen LogP contribution < -0.4 is 0 Å². The summed E-state index contributed by atoms with van der Waals surface area (Å²) in [6.45, 7) is 2.17. The molecule has 0 spiro atoms. The number of allylic oxidation sites excluding steroid dienone is 4. The molecule has 1 aromatic carbocycles. The topological polar surface area (TPSA) is 4.93 Å². The Morgan fingerprint density at radius 2 is 2.20 bits per heavy atom. The summed E-state index contributed by atoms with van der Waals surface area (Å²) in [6.07, 6.45) is 8.49. The minimum absolute atomic E-state index is 0.376. The summed E-state index contributed by atoms with van der Waals surface area (Å²) in [6, 6.07) is 6.75. The molecule has 0 aliphatic heterocycles. The van der Waals surface area contributed by atoms with Crippen LogP contribution in [0, 0.1) is 24.7 Å². The molecule has 2 aromatic rings. The van der Waals surface area contributed by atoms with Gasteiger partial charge in [0.25, 0.3) is 0 Å². The van der Waals surface area contributed by atoms with Gasteiger partial charge in [0.2, 0.25) is 0 Å². The molecule has 0 saturated heterocycles. The normalized spacial score (nSPS) is 23.9. The molecule has 1 heteroatoms. The van der Waals surface area contributed by atoms with Crippen LogP contribution in [0.25, 0.3) is 16.5 Å². The summed E-state index contributed by atoms with van der Waals surface area (Å²) in [7, 11) is 2.18. The van der Waals surface area contributed by atoms with Gasteiger partial charge in [0.15, 0.2) is 0 Å². The molecule has 0 fully saturated rings. The van der Waals surface area contributed by atoms with Crippen molar-refractivity contribution in [2.24, 2.45) is 13.0 Å². The van der Waals surface area contributed by atoms with Crippen molar-refractivity contribution in [3.63, 3.8) is 0 Å². The lowest BCUT2D eigenvalue weighted by Crippen LogP contribution is -2.00. The van der Waals surface area contributed by atoms with Crippen LogP contribution in [-0.2, 0) is 13.5 Å². The third kappa shape index (κ3) is 1.51. The van der Waals surface area contributed by atoms with E-state index in [4.69, 9.17) is 0 Å². The van der Waals surface area contributed by atoms with Crippen molar-refractivity contribution in [3.05, 3.63) is 53.2 Å². The van der Waals surface area contributed by atoms with E-state index in [2.05, 4.69) is 66.8 Å². The van der Waals surface area contributed by atoms with Crippen molar-refractivity contribution >= 4 is 16.5 Å². The number of fused-ring (bicyclic) bond motifs is 5. The molecule has 1 atom stereocenters. The number of benzene rings is 1. The van der Waals surface area contributed by atoms with Crippen LogP contribution in [0.4, 0.5) is 0 Å². The minimum atomic E-state index is 0.376. The second kappa shape index (κ2) is 4.15. The van der Waals surface area contributed by atoms with E-state index in [0.717, 1.165) is 12.8 Å². The van der Waals surface area contributed by atoms with Gasteiger partial charge >= 0.3 is 0 Å². The molecule has 20 heavy (non-hydrogen) atoms. The molecule has 0 saturated carbocycles. The van der Waals surface area contributed by atoms with Gasteiger partial charge in [0.1, 0.15) is 0 Å². The lowest BCUT2D eigenvalue weighted by molar-refractivity contribution is 0.899. The van der Waals surface area contributed by atoms with Gasteiger partial charge in [-0.05, 0) is 36.6 Å². The first-order chi connectivity index (χ1) is 9.75. The smallest absolute Gasteiger partial charge is 0.0514 e. The Kier molecular flexibility index (Phi) is 2.41. The second-order valence-corrected chi connectivity index (χ2v) is 5.74. The molecule has 0 bridgehead atoms. The first kappa shape index (κ1) is 11.6. The molecule has 0 amide bonds. The maximum Gasteiger partial charge on any atom is 0.0514 e. The summed E-state index contributed by atoms with van der Waals surface area (Å²) in [5.41, 5.74) is 6.91. The molecule has 1 nitrogen and oxygen atoms in total. The Morgan fingerprint density at radius 3 is 3.10 bits per heavy atom. The maximum atomic E-state index is 3.44. The minimum Gasteiger partial charge on any atom is -0.344 e. The number of aryl methyl sites for hydroxylation is 2. The predicted molar refractivity (Wildman–Crippen MR) is 84.4 cm³/mol. The van der Waals surface area contributed by atoms with Gasteiger partial charge < -0.3 is 4.57 Å². The Morgan fingerprint density at radius 1 is 1.30 bits per heavy atom. The van der Waals surface area contributed by atoms with Crippen molar-refractivity contribution in [3.8, 4) is 11.8 Å². The third-order valence-electron chi connectivity index (χ3n) is 4.42. The Labute approximate surface area is 119 Å². The van der Waals surface area contributed by atoms with E-state index in [-0.39, 0.29) is 0 Å². The highest BCUT2D eigenvalue weighted by Crippen LogP contribution is 2.42. The van der Waals surface area contributed by atoms with E-state index in [1.807, 2.05) is 0 Å². The van der Waals surface area contributed by atoms with E-state index < -0.39 is 0 Å². The SMILES string of the molecule is Cc1ccc2c(c1)c1c(n2C)/C2=C/C=C\CC#CC2C1. The van der Waals surface area contributed by atoms with Crippen LogP contribution in [0.1, 0.15) is 23.2 Å². The fourth-order valence-corrected chi connectivity index (χ4v) is 3.49. The molecule has 1 unspecified atom stereocenters. The largest absolute Gasteiger partial charge is 0.344 e.